The van der Waals surface area contributed by atoms with Gasteiger partial charge in [-0.15, -0.1) is 0 Å². The molecule has 0 aliphatic rings. The summed E-state index contributed by atoms with van der Waals surface area (Å²) in [5.41, 5.74) is 0. The third-order valence-electron chi connectivity index (χ3n) is 9.15. The van der Waals surface area contributed by atoms with Crippen molar-refractivity contribution in [2.24, 2.45) is 0 Å². The number of ether oxygens (including phenoxy) is 2. The van der Waals surface area contributed by atoms with Gasteiger partial charge in [-0.05, 0) is 118 Å². The van der Waals surface area contributed by atoms with Gasteiger partial charge in [0.15, 0.2) is 0 Å². The molecule has 0 aromatic heterocycles. The van der Waals surface area contributed by atoms with Crippen LogP contribution < -0.4 is 0 Å². The number of nitrogens with zero attached hydrogens (tertiary/aromatic N) is 2. The Morgan fingerprint density at radius 1 is 0.449 bits per heavy atom. The maximum absolute atomic E-state index is 6.39. The standard InChI is InChI=1S/C45H86N2O2/c1-6-8-10-12-14-16-18-20-22-24-26-28-30-32-34-36-41-48-44-45(43-47(5)40-38-39-46(3)4)49-42-37-35-33-31-29-27-25-23-21-19-17-15-13-11-9-7-2/h14-17,20-23,45H,6-13,18-19,24-44H2,1-5H3/b16-14-,17-15-,22-20-,23-21-. The Morgan fingerprint density at radius 2 is 0.878 bits per heavy atom. The fraction of sp³-hybridized carbons (Fsp3) is 0.822. The lowest BCUT2D eigenvalue weighted by molar-refractivity contribution is -0.0315. The van der Waals surface area contributed by atoms with Crippen molar-refractivity contribution in [3.05, 3.63) is 48.6 Å². The Labute approximate surface area is 308 Å². The molecule has 0 rings (SSSR count). The van der Waals surface area contributed by atoms with Crippen molar-refractivity contribution in [1.29, 1.82) is 0 Å². The van der Waals surface area contributed by atoms with Gasteiger partial charge in [0, 0.05) is 19.8 Å². The largest absolute Gasteiger partial charge is 0.379 e. The first-order valence-electron chi connectivity index (χ1n) is 21.2. The number of unbranched alkanes of at least 4 members (excludes halogenated alkanes) is 18. The van der Waals surface area contributed by atoms with Crippen LogP contribution in [0.2, 0.25) is 0 Å². The van der Waals surface area contributed by atoms with Gasteiger partial charge in [-0.1, -0.05) is 140 Å². The predicted octanol–water partition coefficient (Wildman–Crippen LogP) is 12.9. The number of likely N-dealkylation sites (N-methyl/N-ethyl adjacent to an activating group) is 1. The minimum absolute atomic E-state index is 0.173. The van der Waals surface area contributed by atoms with Crippen LogP contribution in [0.1, 0.15) is 174 Å². The molecule has 49 heavy (non-hydrogen) atoms. The third kappa shape index (κ3) is 41.1. The van der Waals surface area contributed by atoms with Gasteiger partial charge in [0.25, 0.3) is 0 Å². The van der Waals surface area contributed by atoms with E-state index in [1.807, 2.05) is 0 Å². The summed E-state index contributed by atoms with van der Waals surface area (Å²) >= 11 is 0. The molecule has 0 amide bonds. The summed E-state index contributed by atoms with van der Waals surface area (Å²) in [6.07, 6.45) is 50.9. The Bertz CT molecular complexity index is 744. The topological polar surface area (TPSA) is 24.9 Å². The van der Waals surface area contributed by atoms with Crippen molar-refractivity contribution in [1.82, 2.24) is 9.80 Å². The summed E-state index contributed by atoms with van der Waals surface area (Å²) < 4.78 is 12.5. The second-order valence-electron chi connectivity index (χ2n) is 14.7. The third-order valence-corrected chi connectivity index (χ3v) is 9.15. The quantitative estimate of drug-likeness (QED) is 0.0475. The van der Waals surface area contributed by atoms with E-state index in [1.165, 1.54) is 141 Å². The Morgan fingerprint density at radius 3 is 1.35 bits per heavy atom. The van der Waals surface area contributed by atoms with Crippen molar-refractivity contribution < 1.29 is 9.47 Å². The Hall–Kier alpha value is -1.20. The molecule has 0 aromatic carbocycles. The molecule has 0 radical (unpaired) electrons. The molecule has 0 heterocycles. The zero-order valence-corrected chi connectivity index (χ0v) is 33.8. The first-order chi connectivity index (χ1) is 24.1. The van der Waals surface area contributed by atoms with Crippen LogP contribution in [0.15, 0.2) is 48.6 Å². The summed E-state index contributed by atoms with van der Waals surface area (Å²) in [4.78, 5) is 4.69. The summed E-state index contributed by atoms with van der Waals surface area (Å²) in [5, 5.41) is 0. The maximum atomic E-state index is 6.39. The molecule has 1 unspecified atom stereocenters. The fourth-order valence-corrected chi connectivity index (χ4v) is 6.00. The van der Waals surface area contributed by atoms with Crippen molar-refractivity contribution in [3.8, 4) is 0 Å². The predicted molar refractivity (Wildman–Crippen MR) is 220 cm³/mol. The second-order valence-corrected chi connectivity index (χ2v) is 14.7. The molecule has 4 nitrogen and oxygen atoms in total. The molecule has 0 saturated heterocycles. The highest BCUT2D eigenvalue weighted by atomic mass is 16.5. The Balaban J connectivity index is 3.95. The van der Waals surface area contributed by atoms with Crippen LogP contribution >= 0.6 is 0 Å². The second kappa shape index (κ2) is 41.2. The molecule has 0 aliphatic heterocycles. The summed E-state index contributed by atoms with van der Waals surface area (Å²) in [5.74, 6) is 0. The monoisotopic (exact) mass is 687 g/mol. The van der Waals surface area contributed by atoms with Crippen LogP contribution in [0.25, 0.3) is 0 Å². The van der Waals surface area contributed by atoms with Gasteiger partial charge >= 0.3 is 0 Å². The van der Waals surface area contributed by atoms with Crippen molar-refractivity contribution >= 4 is 0 Å². The molecular weight excluding hydrogens is 601 g/mol. The van der Waals surface area contributed by atoms with E-state index in [-0.39, 0.29) is 6.10 Å². The number of hydrogen-bond acceptors (Lipinski definition) is 4. The molecule has 0 spiro atoms. The summed E-state index contributed by atoms with van der Waals surface area (Å²) in [7, 11) is 6.54. The number of allylic oxidation sites excluding steroid dienone is 8. The fourth-order valence-electron chi connectivity index (χ4n) is 6.00. The van der Waals surface area contributed by atoms with Crippen LogP contribution in [0, 0.1) is 0 Å². The minimum Gasteiger partial charge on any atom is -0.379 e. The van der Waals surface area contributed by atoms with E-state index in [4.69, 9.17) is 9.47 Å². The van der Waals surface area contributed by atoms with Crippen LogP contribution in [-0.2, 0) is 9.47 Å². The lowest BCUT2D eigenvalue weighted by atomic mass is 10.1. The molecule has 0 N–H and O–H groups in total. The van der Waals surface area contributed by atoms with Crippen LogP contribution in [0.3, 0.4) is 0 Å². The molecule has 4 heteroatoms. The SMILES string of the molecule is CCCCC/C=C\C/C=C\CCCCCCCCOCC(CN(C)CCCN(C)C)OCCCCCCCC/C=C\C/C=C\CCCCC. The highest BCUT2D eigenvalue weighted by Crippen LogP contribution is 2.11. The highest BCUT2D eigenvalue weighted by Gasteiger charge is 2.13. The molecule has 1 atom stereocenters. The maximum Gasteiger partial charge on any atom is 0.0934 e. The highest BCUT2D eigenvalue weighted by molar-refractivity contribution is 4.93. The van der Waals surface area contributed by atoms with Gasteiger partial charge in [-0.25, -0.2) is 0 Å². The van der Waals surface area contributed by atoms with Gasteiger partial charge in [0.05, 0.1) is 12.7 Å². The van der Waals surface area contributed by atoms with E-state index >= 15 is 0 Å². The van der Waals surface area contributed by atoms with E-state index in [9.17, 15) is 0 Å². The van der Waals surface area contributed by atoms with Gasteiger partial charge in [-0.3, -0.25) is 0 Å². The Kier molecular flexibility index (Phi) is 40.2. The van der Waals surface area contributed by atoms with Gasteiger partial charge in [0.2, 0.25) is 0 Å². The number of rotatable bonds is 39. The van der Waals surface area contributed by atoms with Crippen LogP contribution in [0.5, 0.6) is 0 Å². The smallest absolute Gasteiger partial charge is 0.0934 e. The molecule has 288 valence electrons. The van der Waals surface area contributed by atoms with Crippen molar-refractivity contribution in [3.63, 3.8) is 0 Å². The average molecular weight is 687 g/mol. The molecular formula is C45H86N2O2. The summed E-state index contributed by atoms with van der Waals surface area (Å²) in [6, 6.07) is 0. The van der Waals surface area contributed by atoms with Crippen LogP contribution in [0.4, 0.5) is 0 Å². The van der Waals surface area contributed by atoms with Crippen molar-refractivity contribution in [2.45, 2.75) is 180 Å². The molecule has 0 aromatic rings. The molecule has 0 aliphatic carbocycles. The van der Waals surface area contributed by atoms with Gasteiger partial charge in [0.1, 0.15) is 0 Å². The lowest BCUT2D eigenvalue weighted by Gasteiger charge is -2.25. The first kappa shape index (κ1) is 47.8. The van der Waals surface area contributed by atoms with E-state index < -0.39 is 0 Å². The molecule has 0 fully saturated rings. The zero-order valence-electron chi connectivity index (χ0n) is 33.8. The summed E-state index contributed by atoms with van der Waals surface area (Å²) in [6.45, 7) is 10.2. The number of hydrogen-bond donors (Lipinski definition) is 0. The van der Waals surface area contributed by atoms with Crippen LogP contribution in [-0.4, -0.2) is 76.5 Å². The van der Waals surface area contributed by atoms with Gasteiger partial charge in [-0.2, -0.15) is 0 Å². The van der Waals surface area contributed by atoms with E-state index in [1.54, 1.807) is 0 Å². The van der Waals surface area contributed by atoms with E-state index in [2.05, 4.69) is 93.4 Å². The molecule has 0 bridgehead atoms. The zero-order chi connectivity index (χ0) is 35.7. The lowest BCUT2D eigenvalue weighted by Crippen LogP contribution is -2.36. The first-order valence-corrected chi connectivity index (χ1v) is 21.2. The molecule has 0 saturated carbocycles. The van der Waals surface area contributed by atoms with Gasteiger partial charge < -0.3 is 19.3 Å². The average Bonchev–Trinajstić information content (AvgIpc) is 3.08. The van der Waals surface area contributed by atoms with E-state index in [0.717, 1.165) is 58.7 Å². The van der Waals surface area contributed by atoms with E-state index in [0.29, 0.717) is 0 Å². The normalized spacial score (nSPS) is 13.2. The van der Waals surface area contributed by atoms with Crippen molar-refractivity contribution in [2.75, 3.05) is 60.6 Å². The minimum atomic E-state index is 0.173.